The number of hydrogen-bond donors (Lipinski definition) is 2. The second kappa shape index (κ2) is 14.7. The van der Waals surface area contributed by atoms with Gasteiger partial charge in [-0.15, -0.1) is 0 Å². The van der Waals surface area contributed by atoms with Gasteiger partial charge in [-0.25, -0.2) is 17.6 Å². The largest absolute Gasteiger partial charge is 0.497 e. The van der Waals surface area contributed by atoms with E-state index in [-0.39, 0.29) is 25.1 Å². The first-order chi connectivity index (χ1) is 21.7. The number of alkyl halides is 1. The zero-order valence-corrected chi connectivity index (χ0v) is 25.5. The van der Waals surface area contributed by atoms with Crippen LogP contribution < -0.4 is 10.1 Å². The van der Waals surface area contributed by atoms with Crippen LogP contribution in [-0.2, 0) is 16.1 Å². The van der Waals surface area contributed by atoms with Crippen molar-refractivity contribution in [3.8, 4) is 5.75 Å². The van der Waals surface area contributed by atoms with Crippen LogP contribution in [0.25, 0.3) is 10.9 Å². The number of nitrogens with zero attached hydrogens (tertiary/aromatic N) is 3. The minimum absolute atomic E-state index is 0.0661. The Morgan fingerprint density at radius 1 is 1.09 bits per heavy atom. The highest BCUT2D eigenvalue weighted by Crippen LogP contribution is 2.43. The van der Waals surface area contributed by atoms with Crippen molar-refractivity contribution in [1.82, 2.24) is 14.8 Å². The molecule has 244 valence electrons. The van der Waals surface area contributed by atoms with Crippen LogP contribution in [0.2, 0.25) is 0 Å². The lowest BCUT2D eigenvalue weighted by Gasteiger charge is -2.41. The van der Waals surface area contributed by atoms with Crippen LogP contribution in [-0.4, -0.2) is 85.5 Å². The summed E-state index contributed by atoms with van der Waals surface area (Å²) in [6, 6.07) is 6.68. The number of carbonyl (C=O) groups is 1. The smallest absolute Gasteiger partial charge is 0.303 e. The van der Waals surface area contributed by atoms with Gasteiger partial charge in [0, 0.05) is 62.0 Å². The number of benzene rings is 2. The minimum atomic E-state index is -1.34. The molecule has 2 saturated heterocycles. The Balaban J connectivity index is 1.27. The Bertz CT molecular complexity index is 1460. The van der Waals surface area contributed by atoms with E-state index in [2.05, 4.69) is 20.1 Å². The van der Waals surface area contributed by atoms with Gasteiger partial charge in [0.1, 0.15) is 23.4 Å². The Kier molecular flexibility index (Phi) is 10.8. The summed E-state index contributed by atoms with van der Waals surface area (Å²) in [6.45, 7) is 5.08. The Labute approximate surface area is 260 Å². The molecule has 0 unspecified atom stereocenters. The Morgan fingerprint density at radius 3 is 2.47 bits per heavy atom. The number of morpholine rings is 1. The highest BCUT2D eigenvalue weighted by molar-refractivity contribution is 5.85. The van der Waals surface area contributed by atoms with Crippen molar-refractivity contribution >= 4 is 22.6 Å². The average molecular weight is 633 g/mol. The molecule has 5 rings (SSSR count). The maximum Gasteiger partial charge on any atom is 0.303 e. The molecule has 0 saturated carbocycles. The number of likely N-dealkylation sites (tertiary alicyclic amines) is 1. The SMILES string of the molecule is COc1ccc2ncc(CN3CCOCC3)c([C@@H](F)CCC3(CC(=O)O)CCN(CCNc4c(F)cc(F)cc4F)CC3)c2c1. The van der Waals surface area contributed by atoms with Gasteiger partial charge in [-0.2, -0.15) is 0 Å². The Morgan fingerprint density at radius 2 is 1.80 bits per heavy atom. The summed E-state index contributed by atoms with van der Waals surface area (Å²) >= 11 is 0. The second-order valence-electron chi connectivity index (χ2n) is 12.1. The van der Waals surface area contributed by atoms with Gasteiger partial charge in [0.15, 0.2) is 11.6 Å². The zero-order valence-electron chi connectivity index (χ0n) is 25.5. The quantitative estimate of drug-likeness (QED) is 0.224. The highest BCUT2D eigenvalue weighted by atomic mass is 19.1. The summed E-state index contributed by atoms with van der Waals surface area (Å²) in [6.07, 6.45) is 1.99. The average Bonchev–Trinajstić information content (AvgIpc) is 3.02. The number of carboxylic acid groups (broad SMARTS) is 1. The molecule has 0 aliphatic carbocycles. The van der Waals surface area contributed by atoms with E-state index in [1.165, 1.54) is 0 Å². The molecule has 2 aliphatic rings. The van der Waals surface area contributed by atoms with Crippen molar-refractivity contribution in [2.45, 2.75) is 44.8 Å². The first kappa shape index (κ1) is 32.9. The number of methoxy groups -OCH3 is 1. The minimum Gasteiger partial charge on any atom is -0.497 e. The lowest BCUT2D eigenvalue weighted by atomic mass is 9.71. The summed E-state index contributed by atoms with van der Waals surface area (Å²) in [5, 5.41) is 13.2. The number of pyridine rings is 1. The van der Waals surface area contributed by atoms with E-state index in [0.29, 0.717) is 93.0 Å². The maximum atomic E-state index is 16.5. The lowest BCUT2D eigenvalue weighted by Crippen LogP contribution is -2.43. The number of hydrogen-bond acceptors (Lipinski definition) is 7. The van der Waals surface area contributed by atoms with Crippen LogP contribution in [0, 0.1) is 22.9 Å². The number of ether oxygens (including phenoxy) is 2. The number of piperidine rings is 1. The standard InChI is InChI=1S/C33H40F4N4O4/c1-44-24-2-3-29-25(18-24)31(22(20-39-29)21-41-12-14-45-15-13-41)26(35)4-5-33(19-30(42)43)6-9-40(10-7-33)11-8-38-32-27(36)16-23(34)17-28(32)37/h2-3,16-18,20,26,38H,4-15,19,21H2,1H3,(H,42,43)/t26-/m0/s1. The van der Waals surface area contributed by atoms with Crippen molar-refractivity contribution in [3.05, 3.63) is 65.1 Å². The molecular weight excluding hydrogens is 592 g/mol. The first-order valence-corrected chi connectivity index (χ1v) is 15.4. The topological polar surface area (TPSA) is 87.2 Å². The maximum absolute atomic E-state index is 16.5. The third-order valence-corrected chi connectivity index (χ3v) is 9.12. The number of carboxylic acids is 1. The van der Waals surface area contributed by atoms with Gasteiger partial charge in [-0.3, -0.25) is 14.7 Å². The number of aromatic nitrogens is 1. The molecule has 3 heterocycles. The van der Waals surface area contributed by atoms with Crippen LogP contribution in [0.4, 0.5) is 23.2 Å². The number of halogens is 4. The van der Waals surface area contributed by atoms with Crippen molar-refractivity contribution in [1.29, 1.82) is 0 Å². The summed E-state index contributed by atoms with van der Waals surface area (Å²) in [7, 11) is 1.57. The number of aliphatic carboxylic acids is 1. The molecule has 12 heteroatoms. The fourth-order valence-electron chi connectivity index (χ4n) is 6.57. The van der Waals surface area contributed by atoms with Gasteiger partial charge in [0.05, 0.1) is 32.3 Å². The van der Waals surface area contributed by atoms with E-state index < -0.39 is 35.0 Å². The lowest BCUT2D eigenvalue weighted by molar-refractivity contribution is -0.141. The molecule has 3 aromatic rings. The third kappa shape index (κ3) is 8.22. The predicted octanol–water partition coefficient (Wildman–Crippen LogP) is 5.95. The van der Waals surface area contributed by atoms with E-state index in [1.54, 1.807) is 19.4 Å². The zero-order chi connectivity index (χ0) is 32.0. The van der Waals surface area contributed by atoms with Gasteiger partial charge in [0.2, 0.25) is 0 Å². The second-order valence-corrected chi connectivity index (χ2v) is 12.1. The fourth-order valence-corrected chi connectivity index (χ4v) is 6.57. The van der Waals surface area contributed by atoms with Crippen LogP contribution in [0.1, 0.15) is 49.4 Å². The number of rotatable bonds is 13. The van der Waals surface area contributed by atoms with Gasteiger partial charge in [-0.1, -0.05) is 0 Å². The van der Waals surface area contributed by atoms with E-state index in [4.69, 9.17) is 9.47 Å². The summed E-state index contributed by atoms with van der Waals surface area (Å²) in [4.78, 5) is 20.9. The normalized spacial score (nSPS) is 18.2. The third-order valence-electron chi connectivity index (χ3n) is 9.12. The summed E-state index contributed by atoms with van der Waals surface area (Å²) in [5.74, 6) is -3.30. The van der Waals surface area contributed by atoms with E-state index in [0.717, 1.165) is 18.7 Å². The van der Waals surface area contributed by atoms with Crippen LogP contribution in [0.15, 0.2) is 36.5 Å². The molecule has 8 nitrogen and oxygen atoms in total. The Hall–Kier alpha value is -3.48. The first-order valence-electron chi connectivity index (χ1n) is 15.4. The molecule has 0 bridgehead atoms. The number of anilines is 1. The molecule has 0 amide bonds. The van der Waals surface area contributed by atoms with E-state index >= 15 is 4.39 Å². The molecule has 1 atom stereocenters. The van der Waals surface area contributed by atoms with Crippen LogP contribution in [0.3, 0.4) is 0 Å². The van der Waals surface area contributed by atoms with Crippen molar-refractivity contribution in [2.24, 2.45) is 5.41 Å². The van der Waals surface area contributed by atoms with E-state index in [9.17, 15) is 23.1 Å². The molecule has 2 fully saturated rings. The van der Waals surface area contributed by atoms with Crippen molar-refractivity contribution < 1.29 is 36.9 Å². The molecule has 1 aromatic heterocycles. The molecule has 2 aromatic carbocycles. The summed E-state index contributed by atoms with van der Waals surface area (Å²) < 4.78 is 68.6. The van der Waals surface area contributed by atoms with Crippen molar-refractivity contribution in [2.75, 3.05) is 64.9 Å². The molecule has 2 N–H and O–H groups in total. The van der Waals surface area contributed by atoms with E-state index in [1.807, 2.05) is 12.1 Å². The molecule has 2 aliphatic heterocycles. The summed E-state index contributed by atoms with van der Waals surface area (Å²) in [5.41, 5.74) is 1.08. The van der Waals surface area contributed by atoms with Gasteiger partial charge >= 0.3 is 5.97 Å². The number of fused-ring (bicyclic) bond motifs is 1. The monoisotopic (exact) mass is 632 g/mol. The molecule has 0 radical (unpaired) electrons. The van der Waals surface area contributed by atoms with Gasteiger partial charge < -0.3 is 24.8 Å². The van der Waals surface area contributed by atoms with Crippen LogP contribution >= 0.6 is 0 Å². The van der Waals surface area contributed by atoms with Gasteiger partial charge in [0.25, 0.3) is 0 Å². The molecule has 0 spiro atoms. The fraction of sp³-hybridized carbons (Fsp3) is 0.515. The van der Waals surface area contributed by atoms with Crippen molar-refractivity contribution in [3.63, 3.8) is 0 Å². The number of nitrogens with one attached hydrogen (secondary N) is 1. The predicted molar refractivity (Wildman–Crippen MR) is 163 cm³/mol. The molecule has 45 heavy (non-hydrogen) atoms. The van der Waals surface area contributed by atoms with Crippen LogP contribution in [0.5, 0.6) is 5.75 Å². The molecular formula is C33H40F4N4O4. The van der Waals surface area contributed by atoms with Gasteiger partial charge in [-0.05, 0) is 68.0 Å². The highest BCUT2D eigenvalue weighted by Gasteiger charge is 2.37.